The molecule has 0 spiro atoms. The second kappa shape index (κ2) is 9.54. The van der Waals surface area contributed by atoms with Gasteiger partial charge in [0.25, 0.3) is 0 Å². The van der Waals surface area contributed by atoms with Crippen molar-refractivity contribution < 1.29 is 24.5 Å². The van der Waals surface area contributed by atoms with Gasteiger partial charge in [-0.05, 0) is 60.5 Å². The maximum Gasteiger partial charge on any atom is 0.338 e. The average Bonchev–Trinajstić information content (AvgIpc) is 3.26. The number of hydrogen-bond donors (Lipinski definition) is 2. The van der Waals surface area contributed by atoms with Gasteiger partial charge in [0.1, 0.15) is 47.5 Å². The second-order valence-electron chi connectivity index (χ2n) is 7.52. The number of benzene rings is 3. The first-order valence-electron chi connectivity index (χ1n) is 10.3. The van der Waals surface area contributed by atoms with E-state index in [1.807, 2.05) is 19.1 Å². The van der Waals surface area contributed by atoms with Crippen molar-refractivity contribution in [2.75, 3.05) is 13.2 Å². The number of hydrogen-bond acceptors (Lipinski definition) is 7. The standard InChI is InChI=1S/C25H23N3O5/c1-3-17-5-8-20(9-6-17)32-14-19(29)15-33-25(31)18-7-10-21-22(13-18)27-28(26-21)23-12-16(2)4-11-24(23)30/h3-13,19,29-30H,1,14-15H2,2H3. The van der Waals surface area contributed by atoms with E-state index in [4.69, 9.17) is 9.47 Å². The van der Waals surface area contributed by atoms with E-state index in [-0.39, 0.29) is 24.5 Å². The van der Waals surface area contributed by atoms with Crippen LogP contribution in [0.25, 0.3) is 22.8 Å². The number of carbonyl (C=O) groups excluding carboxylic acids is 1. The van der Waals surface area contributed by atoms with Crippen LogP contribution in [-0.2, 0) is 4.74 Å². The fourth-order valence-electron chi connectivity index (χ4n) is 3.14. The van der Waals surface area contributed by atoms with Gasteiger partial charge in [0.2, 0.25) is 0 Å². The highest BCUT2D eigenvalue weighted by Crippen LogP contribution is 2.23. The fourth-order valence-corrected chi connectivity index (χ4v) is 3.14. The third kappa shape index (κ3) is 5.19. The van der Waals surface area contributed by atoms with Crippen LogP contribution in [0.4, 0.5) is 0 Å². The number of aliphatic hydroxyl groups excluding tert-OH is 1. The minimum absolute atomic E-state index is 0.0198. The molecule has 4 aromatic rings. The molecular formula is C25H23N3O5. The number of aryl methyl sites for hydroxylation is 1. The fraction of sp³-hybridized carbons (Fsp3) is 0.160. The van der Waals surface area contributed by atoms with Crippen LogP contribution in [0.3, 0.4) is 0 Å². The molecule has 0 saturated heterocycles. The second-order valence-corrected chi connectivity index (χ2v) is 7.52. The average molecular weight is 445 g/mol. The number of fused-ring (bicyclic) bond motifs is 1. The lowest BCUT2D eigenvalue weighted by molar-refractivity contribution is 0.0130. The van der Waals surface area contributed by atoms with Gasteiger partial charge in [0.05, 0.1) is 5.56 Å². The van der Waals surface area contributed by atoms with E-state index in [1.54, 1.807) is 54.6 Å². The van der Waals surface area contributed by atoms with Gasteiger partial charge in [-0.25, -0.2) is 4.79 Å². The van der Waals surface area contributed by atoms with Crippen LogP contribution in [0.5, 0.6) is 11.5 Å². The van der Waals surface area contributed by atoms with Crippen molar-refractivity contribution >= 4 is 23.1 Å². The molecule has 0 aliphatic carbocycles. The minimum atomic E-state index is -0.984. The maximum absolute atomic E-state index is 12.4. The molecule has 0 fully saturated rings. The van der Waals surface area contributed by atoms with E-state index in [0.29, 0.717) is 22.5 Å². The van der Waals surface area contributed by atoms with Crippen LogP contribution in [0.15, 0.2) is 67.2 Å². The molecule has 1 unspecified atom stereocenters. The lowest BCUT2D eigenvalue weighted by Gasteiger charge is -2.13. The predicted molar refractivity (Wildman–Crippen MR) is 124 cm³/mol. The van der Waals surface area contributed by atoms with Crippen LogP contribution in [-0.4, -0.2) is 50.5 Å². The quantitative estimate of drug-likeness (QED) is 0.399. The Hall–Kier alpha value is -4.17. The van der Waals surface area contributed by atoms with Crippen molar-refractivity contribution in [1.29, 1.82) is 0 Å². The molecule has 0 bridgehead atoms. The van der Waals surface area contributed by atoms with Gasteiger partial charge in [-0.2, -0.15) is 0 Å². The van der Waals surface area contributed by atoms with Crippen molar-refractivity contribution in [3.8, 4) is 17.2 Å². The van der Waals surface area contributed by atoms with Gasteiger partial charge in [-0.3, -0.25) is 0 Å². The Kier molecular flexibility index (Phi) is 6.37. The SMILES string of the molecule is C=Cc1ccc(OCC(O)COC(=O)c2ccc3nn(-c4cc(C)ccc4O)nc3c2)cc1. The number of rotatable bonds is 8. The third-order valence-electron chi connectivity index (χ3n) is 4.93. The summed E-state index contributed by atoms with van der Waals surface area (Å²) in [6.45, 7) is 5.36. The van der Waals surface area contributed by atoms with E-state index in [0.717, 1.165) is 11.1 Å². The summed E-state index contributed by atoms with van der Waals surface area (Å²) in [5.74, 6) is 0.0480. The molecule has 0 radical (unpaired) electrons. The number of aliphatic hydroxyl groups is 1. The summed E-state index contributed by atoms with van der Waals surface area (Å²) in [5.41, 5.74) is 3.66. The zero-order valence-electron chi connectivity index (χ0n) is 18.0. The predicted octanol–water partition coefficient (Wildman–Crippen LogP) is 3.67. The van der Waals surface area contributed by atoms with Gasteiger partial charge >= 0.3 is 5.97 Å². The summed E-state index contributed by atoms with van der Waals surface area (Å²) in [7, 11) is 0. The molecule has 33 heavy (non-hydrogen) atoms. The first-order valence-corrected chi connectivity index (χ1v) is 10.3. The Labute approximate surface area is 190 Å². The summed E-state index contributed by atoms with van der Waals surface area (Å²) in [6.07, 6.45) is 0.740. The highest BCUT2D eigenvalue weighted by atomic mass is 16.5. The number of carbonyl (C=O) groups is 1. The number of aromatic nitrogens is 3. The molecule has 1 atom stereocenters. The summed E-state index contributed by atoms with van der Waals surface area (Å²) in [5, 5.41) is 28.9. The highest BCUT2D eigenvalue weighted by Gasteiger charge is 2.15. The molecule has 0 amide bonds. The van der Waals surface area contributed by atoms with Crippen LogP contribution >= 0.6 is 0 Å². The Morgan fingerprint density at radius 1 is 1.06 bits per heavy atom. The van der Waals surface area contributed by atoms with Crippen LogP contribution < -0.4 is 4.74 Å². The molecule has 168 valence electrons. The number of aromatic hydroxyl groups is 1. The number of ether oxygens (including phenoxy) is 2. The van der Waals surface area contributed by atoms with Crippen molar-refractivity contribution in [3.05, 3.63) is 83.9 Å². The van der Waals surface area contributed by atoms with Gasteiger partial charge < -0.3 is 19.7 Å². The number of nitrogens with zero attached hydrogens (tertiary/aromatic N) is 3. The smallest absolute Gasteiger partial charge is 0.338 e. The lowest BCUT2D eigenvalue weighted by Crippen LogP contribution is -2.25. The third-order valence-corrected chi connectivity index (χ3v) is 4.93. The van der Waals surface area contributed by atoms with E-state index < -0.39 is 12.1 Å². The number of esters is 1. The zero-order chi connectivity index (χ0) is 23.4. The number of phenols is 1. The van der Waals surface area contributed by atoms with Crippen molar-refractivity contribution in [1.82, 2.24) is 15.0 Å². The normalized spacial score (nSPS) is 11.8. The number of phenolic OH excluding ortho intramolecular Hbond substituents is 1. The first-order chi connectivity index (χ1) is 15.9. The van der Waals surface area contributed by atoms with Crippen LogP contribution in [0.2, 0.25) is 0 Å². The highest BCUT2D eigenvalue weighted by molar-refractivity contribution is 5.93. The molecule has 8 heteroatoms. The molecule has 1 heterocycles. The Morgan fingerprint density at radius 3 is 2.58 bits per heavy atom. The van der Waals surface area contributed by atoms with Crippen LogP contribution in [0, 0.1) is 6.92 Å². The molecule has 3 aromatic carbocycles. The van der Waals surface area contributed by atoms with Gasteiger partial charge in [0, 0.05) is 0 Å². The summed E-state index contributed by atoms with van der Waals surface area (Å²) < 4.78 is 10.7. The Balaban J connectivity index is 1.37. The summed E-state index contributed by atoms with van der Waals surface area (Å²) >= 11 is 0. The van der Waals surface area contributed by atoms with E-state index >= 15 is 0 Å². The van der Waals surface area contributed by atoms with Crippen LogP contribution in [0.1, 0.15) is 21.5 Å². The Bertz CT molecular complexity index is 1300. The molecule has 0 aliphatic heterocycles. The largest absolute Gasteiger partial charge is 0.506 e. The van der Waals surface area contributed by atoms with Gasteiger partial charge in [-0.1, -0.05) is 30.9 Å². The lowest BCUT2D eigenvalue weighted by atomic mass is 10.2. The summed E-state index contributed by atoms with van der Waals surface area (Å²) in [6, 6.07) is 17.1. The van der Waals surface area contributed by atoms with E-state index in [1.165, 1.54) is 4.80 Å². The molecule has 4 rings (SSSR count). The van der Waals surface area contributed by atoms with Crippen molar-refractivity contribution in [2.24, 2.45) is 0 Å². The monoisotopic (exact) mass is 445 g/mol. The van der Waals surface area contributed by atoms with Gasteiger partial charge in [-0.15, -0.1) is 15.0 Å². The Morgan fingerprint density at radius 2 is 1.82 bits per heavy atom. The maximum atomic E-state index is 12.4. The first kappa shape index (κ1) is 22.0. The topological polar surface area (TPSA) is 107 Å². The molecule has 8 nitrogen and oxygen atoms in total. The van der Waals surface area contributed by atoms with Gasteiger partial charge in [0.15, 0.2) is 0 Å². The van der Waals surface area contributed by atoms with E-state index in [9.17, 15) is 15.0 Å². The van der Waals surface area contributed by atoms with Crippen molar-refractivity contribution in [3.63, 3.8) is 0 Å². The minimum Gasteiger partial charge on any atom is -0.506 e. The zero-order valence-corrected chi connectivity index (χ0v) is 18.0. The van der Waals surface area contributed by atoms with Crippen molar-refractivity contribution in [2.45, 2.75) is 13.0 Å². The molecule has 0 aliphatic rings. The molecule has 1 aromatic heterocycles. The molecule has 2 N–H and O–H groups in total. The molecule has 0 saturated carbocycles. The summed E-state index contributed by atoms with van der Waals surface area (Å²) in [4.78, 5) is 13.8. The molecular weight excluding hydrogens is 422 g/mol. The van der Waals surface area contributed by atoms with E-state index in [2.05, 4.69) is 16.8 Å².